The van der Waals surface area contributed by atoms with Crippen molar-refractivity contribution in [1.82, 2.24) is 0 Å². The van der Waals surface area contributed by atoms with Gasteiger partial charge in [0.1, 0.15) is 18.1 Å². The Morgan fingerprint density at radius 2 is 1.77 bits per heavy atom. The number of ether oxygens (including phenoxy) is 2. The van der Waals surface area contributed by atoms with E-state index in [0.29, 0.717) is 5.75 Å². The van der Waals surface area contributed by atoms with E-state index in [9.17, 15) is 4.79 Å². The Hall–Kier alpha value is -2.42. The highest BCUT2D eigenvalue weighted by atomic mass is 16.5. The predicted octanol–water partition coefficient (Wildman–Crippen LogP) is 3.97. The molecule has 1 aliphatic rings. The summed E-state index contributed by atoms with van der Waals surface area (Å²) in [6.45, 7) is 4.22. The minimum absolute atomic E-state index is 0.0211. The summed E-state index contributed by atoms with van der Waals surface area (Å²) < 4.78 is 11.3. The largest absolute Gasteiger partial charge is 0.461 e. The van der Waals surface area contributed by atoms with Gasteiger partial charge >= 0.3 is 5.97 Å². The molecule has 4 radical (unpaired) electrons. The monoisotopic (exact) mass is 342 g/mol. The standard InChI is InChI=1S/C21H20B2O3/c1-21(2)17(12-18(22)23)19(21)20(24)25-13-14-7-6-10-16(11-14)26-15-8-4-3-5-9-15/h3-12,17,19H,13H2,1-2H3. The topological polar surface area (TPSA) is 35.5 Å². The molecule has 0 aliphatic heterocycles. The van der Waals surface area contributed by atoms with E-state index >= 15 is 0 Å². The molecule has 26 heavy (non-hydrogen) atoms. The zero-order valence-electron chi connectivity index (χ0n) is 15.0. The van der Waals surface area contributed by atoms with Crippen molar-refractivity contribution in [1.29, 1.82) is 0 Å². The molecule has 1 aliphatic carbocycles. The predicted molar refractivity (Wildman–Crippen MR) is 103 cm³/mol. The van der Waals surface area contributed by atoms with Gasteiger partial charge in [-0.1, -0.05) is 44.2 Å². The van der Waals surface area contributed by atoms with Crippen LogP contribution in [0, 0.1) is 17.3 Å². The Bertz CT molecular complexity index is 811. The summed E-state index contributed by atoms with van der Waals surface area (Å²) in [6, 6.07) is 17.1. The molecule has 0 bridgehead atoms. The van der Waals surface area contributed by atoms with Crippen LogP contribution in [0.1, 0.15) is 19.4 Å². The zero-order chi connectivity index (χ0) is 18.7. The van der Waals surface area contributed by atoms with Gasteiger partial charge in [0, 0.05) is 0 Å². The van der Waals surface area contributed by atoms with E-state index in [0.717, 1.165) is 11.3 Å². The van der Waals surface area contributed by atoms with Gasteiger partial charge < -0.3 is 9.47 Å². The van der Waals surface area contributed by atoms with E-state index in [-0.39, 0.29) is 35.2 Å². The normalized spacial score (nSPS) is 20.1. The molecule has 1 fully saturated rings. The van der Waals surface area contributed by atoms with Crippen LogP contribution in [-0.2, 0) is 16.1 Å². The number of carbonyl (C=O) groups is 1. The molecule has 3 nitrogen and oxygen atoms in total. The number of para-hydroxylation sites is 1. The Kier molecular flexibility index (Phi) is 5.26. The second kappa shape index (κ2) is 7.45. The van der Waals surface area contributed by atoms with Crippen molar-refractivity contribution < 1.29 is 14.3 Å². The van der Waals surface area contributed by atoms with Crippen molar-refractivity contribution in [3.63, 3.8) is 0 Å². The summed E-state index contributed by atoms with van der Waals surface area (Å²) in [7, 11) is 11.1. The van der Waals surface area contributed by atoms with Crippen molar-refractivity contribution in [2.75, 3.05) is 0 Å². The van der Waals surface area contributed by atoms with Gasteiger partial charge in [-0.2, -0.15) is 5.37 Å². The maximum Gasteiger partial charge on any atom is 0.310 e. The van der Waals surface area contributed by atoms with Gasteiger partial charge in [-0.05, 0) is 41.2 Å². The first-order chi connectivity index (χ1) is 12.4. The van der Waals surface area contributed by atoms with E-state index in [1.165, 1.54) is 0 Å². The molecule has 0 N–H and O–H groups in total. The van der Waals surface area contributed by atoms with Gasteiger partial charge in [0.05, 0.1) is 21.6 Å². The van der Waals surface area contributed by atoms with Gasteiger partial charge in [0.15, 0.2) is 0 Å². The molecular formula is C21H20B2O3. The van der Waals surface area contributed by atoms with Crippen molar-refractivity contribution in [2.45, 2.75) is 20.5 Å². The molecular weight excluding hydrogens is 322 g/mol. The lowest BCUT2D eigenvalue weighted by atomic mass is 9.77. The molecule has 2 aromatic carbocycles. The number of hydrogen-bond donors (Lipinski definition) is 0. The molecule has 1 saturated carbocycles. The fraction of sp³-hybridized carbons (Fsp3) is 0.286. The van der Waals surface area contributed by atoms with Crippen LogP contribution in [-0.4, -0.2) is 21.7 Å². The SMILES string of the molecule is [B]C([B])=CC1C(C(=O)OCc2cccc(Oc3ccccc3)c2)C1(C)C. The number of hydrogen-bond acceptors (Lipinski definition) is 3. The number of benzene rings is 2. The van der Waals surface area contributed by atoms with Gasteiger partial charge in [0.25, 0.3) is 0 Å². The molecule has 5 heteroatoms. The minimum Gasteiger partial charge on any atom is -0.461 e. The average molecular weight is 342 g/mol. The Morgan fingerprint density at radius 1 is 1.08 bits per heavy atom. The molecule has 128 valence electrons. The summed E-state index contributed by atoms with van der Waals surface area (Å²) >= 11 is 0. The molecule has 0 aromatic heterocycles. The molecule has 0 heterocycles. The minimum atomic E-state index is -0.230. The molecule has 0 amide bonds. The maximum atomic E-state index is 12.4. The fourth-order valence-electron chi connectivity index (χ4n) is 3.21. The highest BCUT2D eigenvalue weighted by molar-refractivity contribution is 6.48. The van der Waals surface area contributed by atoms with Crippen LogP contribution >= 0.6 is 0 Å². The lowest BCUT2D eigenvalue weighted by molar-refractivity contribution is -0.147. The molecule has 0 saturated heterocycles. The number of carbonyl (C=O) groups excluding carboxylic acids is 1. The van der Waals surface area contributed by atoms with E-state index in [1.54, 1.807) is 6.08 Å². The van der Waals surface area contributed by atoms with Gasteiger partial charge in [-0.25, -0.2) is 0 Å². The van der Waals surface area contributed by atoms with Crippen LogP contribution in [0.15, 0.2) is 66.0 Å². The summed E-state index contributed by atoms with van der Waals surface area (Å²) in [4.78, 5) is 12.4. The molecule has 2 atom stereocenters. The Morgan fingerprint density at radius 3 is 2.46 bits per heavy atom. The van der Waals surface area contributed by atoms with Crippen LogP contribution in [0.4, 0.5) is 0 Å². The van der Waals surface area contributed by atoms with E-state index < -0.39 is 0 Å². The lowest BCUT2D eigenvalue weighted by Crippen LogP contribution is -2.10. The first-order valence-electron chi connectivity index (χ1n) is 8.59. The Labute approximate surface area is 157 Å². The molecule has 3 rings (SSSR count). The third-order valence-corrected chi connectivity index (χ3v) is 4.80. The van der Waals surface area contributed by atoms with Gasteiger partial charge in [0.2, 0.25) is 0 Å². The van der Waals surface area contributed by atoms with Crippen molar-refractivity contribution in [2.24, 2.45) is 17.3 Å². The third kappa shape index (κ3) is 4.21. The first-order valence-corrected chi connectivity index (χ1v) is 8.59. The van der Waals surface area contributed by atoms with Crippen LogP contribution < -0.4 is 4.74 Å². The summed E-state index contributed by atoms with van der Waals surface area (Å²) in [6.07, 6.45) is 1.74. The van der Waals surface area contributed by atoms with Crippen LogP contribution in [0.25, 0.3) is 0 Å². The van der Waals surface area contributed by atoms with E-state index in [2.05, 4.69) is 0 Å². The van der Waals surface area contributed by atoms with Gasteiger partial charge in [-0.3, -0.25) is 4.79 Å². The number of rotatable bonds is 6. The van der Waals surface area contributed by atoms with E-state index in [4.69, 9.17) is 25.2 Å². The van der Waals surface area contributed by atoms with E-state index in [1.807, 2.05) is 68.4 Å². The number of allylic oxidation sites excluding steroid dienone is 1. The summed E-state index contributed by atoms with van der Waals surface area (Å²) in [5.41, 5.74) is 0.690. The molecule has 0 spiro atoms. The van der Waals surface area contributed by atoms with Crippen LogP contribution in [0.2, 0.25) is 0 Å². The quantitative estimate of drug-likeness (QED) is 0.589. The second-order valence-corrected chi connectivity index (χ2v) is 7.16. The van der Waals surface area contributed by atoms with Crippen molar-refractivity contribution in [3.05, 3.63) is 71.6 Å². The average Bonchev–Trinajstić information content (AvgIpc) is 3.13. The molecule has 2 unspecified atom stereocenters. The zero-order valence-corrected chi connectivity index (χ0v) is 15.0. The summed E-state index contributed by atoms with van der Waals surface area (Å²) in [5, 5.41) is 0.240. The first kappa shape index (κ1) is 18.4. The second-order valence-electron chi connectivity index (χ2n) is 7.16. The van der Waals surface area contributed by atoms with Crippen LogP contribution in [0.5, 0.6) is 11.5 Å². The van der Waals surface area contributed by atoms with Crippen molar-refractivity contribution in [3.8, 4) is 11.5 Å². The van der Waals surface area contributed by atoms with Crippen LogP contribution in [0.3, 0.4) is 0 Å². The van der Waals surface area contributed by atoms with Gasteiger partial charge in [-0.15, -0.1) is 6.08 Å². The molecule has 2 aromatic rings. The highest BCUT2D eigenvalue weighted by Gasteiger charge is 2.61. The maximum absolute atomic E-state index is 12.4. The highest BCUT2D eigenvalue weighted by Crippen LogP contribution is 2.59. The number of esters is 1. The smallest absolute Gasteiger partial charge is 0.310 e. The summed E-state index contributed by atoms with van der Waals surface area (Å²) in [5.74, 6) is 1.04. The van der Waals surface area contributed by atoms with Crippen molar-refractivity contribution >= 4 is 21.7 Å². The fourth-order valence-corrected chi connectivity index (χ4v) is 3.21. The Balaban J connectivity index is 1.59. The lowest BCUT2D eigenvalue weighted by Gasteiger charge is -2.09. The third-order valence-electron chi connectivity index (χ3n) is 4.80.